The fourth-order valence-electron chi connectivity index (χ4n) is 2.89. The maximum Gasteiger partial charge on any atom is 0.204 e. The van der Waals surface area contributed by atoms with E-state index in [2.05, 4.69) is 6.07 Å². The second kappa shape index (κ2) is 6.36. The first-order chi connectivity index (χ1) is 10.7. The van der Waals surface area contributed by atoms with Crippen molar-refractivity contribution in [2.24, 2.45) is 5.73 Å². The zero-order valence-electron chi connectivity index (χ0n) is 12.5. The minimum Gasteiger partial charge on any atom is -0.383 e. The first kappa shape index (κ1) is 14.8. The average molecular weight is 304 g/mol. The van der Waals surface area contributed by atoms with Gasteiger partial charge < -0.3 is 20.3 Å². The predicted molar refractivity (Wildman–Crippen MR) is 83.0 cm³/mol. The summed E-state index contributed by atoms with van der Waals surface area (Å²) in [4.78, 5) is 3.48. The van der Waals surface area contributed by atoms with Gasteiger partial charge >= 0.3 is 0 Å². The van der Waals surface area contributed by atoms with Crippen LogP contribution in [0.25, 0.3) is 0 Å². The highest BCUT2D eigenvalue weighted by atomic mass is 19.1. The Kier molecular flexibility index (Phi) is 4.29. The van der Waals surface area contributed by atoms with Gasteiger partial charge in [0.05, 0.1) is 13.2 Å². The summed E-state index contributed by atoms with van der Waals surface area (Å²) in [5.74, 6) is -0.716. The Morgan fingerprint density at radius 1 is 1.09 bits per heavy atom. The topological polar surface area (TPSA) is 65.6 Å². The van der Waals surface area contributed by atoms with Gasteiger partial charge in [-0.1, -0.05) is 24.3 Å². The molecule has 0 unspecified atom stereocenters. The van der Waals surface area contributed by atoms with E-state index >= 15 is 0 Å². The van der Waals surface area contributed by atoms with E-state index in [-0.39, 0.29) is 11.7 Å². The zero-order valence-corrected chi connectivity index (χ0v) is 12.5. The molecule has 0 saturated carbocycles. The molecule has 0 aliphatic carbocycles. The summed E-state index contributed by atoms with van der Waals surface area (Å²) in [5.41, 5.74) is 8.33. The van der Waals surface area contributed by atoms with Crippen LogP contribution in [-0.4, -0.2) is 48.5 Å². The number of halogens is 1. The number of nitrogens with zero attached hydrogens (tertiary/aromatic N) is 2. The maximum atomic E-state index is 14.5. The molecule has 118 valence electrons. The number of hydrogen-bond acceptors (Lipinski definition) is 4. The Labute approximate surface area is 129 Å². The molecule has 2 heterocycles. The molecule has 0 spiro atoms. The average Bonchev–Trinajstić information content (AvgIpc) is 2.60. The lowest BCUT2D eigenvalue weighted by Crippen LogP contribution is -2.41. The van der Waals surface area contributed by atoms with Crippen LogP contribution in [0.4, 0.5) is 4.39 Å². The number of benzene rings is 1. The van der Waals surface area contributed by atoms with Gasteiger partial charge in [0.15, 0.2) is 5.84 Å². The van der Waals surface area contributed by atoms with E-state index in [1.807, 2.05) is 18.2 Å². The molecule has 0 atom stereocenters. The van der Waals surface area contributed by atoms with E-state index in [0.29, 0.717) is 39.4 Å². The zero-order chi connectivity index (χ0) is 15.5. The summed E-state index contributed by atoms with van der Waals surface area (Å²) < 4.78 is 19.8. The normalized spacial score (nSPS) is 19.5. The second-order valence-electron chi connectivity index (χ2n) is 5.59. The Morgan fingerprint density at radius 2 is 1.77 bits per heavy atom. The van der Waals surface area contributed by atoms with Crippen LogP contribution >= 0.6 is 0 Å². The smallest absolute Gasteiger partial charge is 0.204 e. The van der Waals surface area contributed by atoms with E-state index in [1.165, 1.54) is 5.56 Å². The van der Waals surface area contributed by atoms with Gasteiger partial charge in [0.1, 0.15) is 5.82 Å². The molecule has 0 amide bonds. The van der Waals surface area contributed by atoms with Crippen LogP contribution in [0.2, 0.25) is 0 Å². The second-order valence-corrected chi connectivity index (χ2v) is 5.59. The van der Waals surface area contributed by atoms with Crippen molar-refractivity contribution in [2.75, 3.05) is 32.8 Å². The van der Waals surface area contributed by atoms with Crippen molar-refractivity contribution in [3.05, 3.63) is 47.0 Å². The molecule has 1 aromatic rings. The molecule has 1 fully saturated rings. The van der Waals surface area contributed by atoms with Gasteiger partial charge in [0, 0.05) is 26.2 Å². The van der Waals surface area contributed by atoms with Crippen LogP contribution in [0.3, 0.4) is 0 Å². The molecular weight excluding hydrogens is 283 g/mol. The van der Waals surface area contributed by atoms with Crippen molar-refractivity contribution in [3.63, 3.8) is 0 Å². The number of nitrogens with one attached hydrogen (secondary N) is 1. The van der Waals surface area contributed by atoms with Gasteiger partial charge in [-0.2, -0.15) is 4.39 Å². The van der Waals surface area contributed by atoms with E-state index < -0.39 is 5.83 Å². The number of morpholine rings is 1. The number of amidine groups is 1. The first-order valence-electron chi connectivity index (χ1n) is 7.55. The van der Waals surface area contributed by atoms with Gasteiger partial charge in [-0.3, -0.25) is 5.41 Å². The molecule has 2 aliphatic rings. The minimum atomic E-state index is -0.638. The summed E-state index contributed by atoms with van der Waals surface area (Å²) in [6.07, 6.45) is 0.823. The number of nitrogens with two attached hydrogens (primary N) is 1. The molecule has 0 aromatic heterocycles. The summed E-state index contributed by atoms with van der Waals surface area (Å²) in [6.45, 7) is 3.40. The highest BCUT2D eigenvalue weighted by Crippen LogP contribution is 2.21. The highest BCUT2D eigenvalue weighted by Gasteiger charge is 2.24. The van der Waals surface area contributed by atoms with Crippen LogP contribution in [0.1, 0.15) is 11.1 Å². The summed E-state index contributed by atoms with van der Waals surface area (Å²) in [5, 5.41) is 8.13. The number of ether oxygens (including phenoxy) is 1. The van der Waals surface area contributed by atoms with Gasteiger partial charge in [0.25, 0.3) is 0 Å². The van der Waals surface area contributed by atoms with E-state index in [1.54, 1.807) is 9.80 Å². The lowest BCUT2D eigenvalue weighted by atomic mass is 10.00. The Balaban J connectivity index is 1.73. The van der Waals surface area contributed by atoms with Crippen molar-refractivity contribution in [1.82, 2.24) is 9.80 Å². The molecule has 5 nitrogen and oxygen atoms in total. The quantitative estimate of drug-likeness (QED) is 0.641. The van der Waals surface area contributed by atoms with E-state index in [0.717, 1.165) is 12.0 Å². The largest absolute Gasteiger partial charge is 0.383 e. The Bertz CT molecular complexity index is 596. The van der Waals surface area contributed by atoms with Gasteiger partial charge in [-0.25, -0.2) is 0 Å². The van der Waals surface area contributed by atoms with Crippen molar-refractivity contribution in [3.8, 4) is 0 Å². The van der Waals surface area contributed by atoms with Crippen molar-refractivity contribution < 1.29 is 9.13 Å². The van der Waals surface area contributed by atoms with Crippen molar-refractivity contribution in [1.29, 1.82) is 5.41 Å². The number of fused-ring (bicyclic) bond motifs is 1. The van der Waals surface area contributed by atoms with Crippen molar-refractivity contribution >= 4 is 5.84 Å². The van der Waals surface area contributed by atoms with Crippen LogP contribution in [0, 0.1) is 5.41 Å². The SMILES string of the molecule is N=C(/C(F)=C(\N)N1CCOCC1)N1CCc2ccccc2C1. The van der Waals surface area contributed by atoms with Gasteiger partial charge in [-0.05, 0) is 17.5 Å². The van der Waals surface area contributed by atoms with Crippen molar-refractivity contribution in [2.45, 2.75) is 13.0 Å². The highest BCUT2D eigenvalue weighted by molar-refractivity contribution is 5.94. The third kappa shape index (κ3) is 2.92. The minimum absolute atomic E-state index is 0.0483. The molecular formula is C16H21FN4O. The molecule has 0 bridgehead atoms. The number of hydrogen-bond donors (Lipinski definition) is 2. The molecule has 0 radical (unpaired) electrons. The molecule has 2 aliphatic heterocycles. The first-order valence-corrected chi connectivity index (χ1v) is 7.55. The predicted octanol–water partition coefficient (Wildman–Crippen LogP) is 1.45. The van der Waals surface area contributed by atoms with Crippen LogP contribution < -0.4 is 5.73 Å². The van der Waals surface area contributed by atoms with E-state index in [9.17, 15) is 4.39 Å². The van der Waals surface area contributed by atoms with Gasteiger partial charge in [0.2, 0.25) is 5.83 Å². The molecule has 22 heavy (non-hydrogen) atoms. The third-order valence-corrected chi connectivity index (χ3v) is 4.23. The molecule has 6 heteroatoms. The van der Waals surface area contributed by atoms with Gasteiger partial charge in [-0.15, -0.1) is 0 Å². The van der Waals surface area contributed by atoms with Crippen LogP contribution in [0.15, 0.2) is 35.9 Å². The van der Waals surface area contributed by atoms with E-state index in [4.69, 9.17) is 15.9 Å². The monoisotopic (exact) mass is 304 g/mol. The Morgan fingerprint density at radius 3 is 2.50 bits per heavy atom. The lowest BCUT2D eigenvalue weighted by Gasteiger charge is -2.32. The third-order valence-electron chi connectivity index (χ3n) is 4.23. The molecule has 3 rings (SSSR count). The molecule has 1 saturated heterocycles. The number of rotatable bonds is 2. The summed E-state index contributed by atoms with van der Waals surface area (Å²) in [7, 11) is 0. The standard InChI is InChI=1S/C16H21FN4O/c17-14(15(18)20-7-9-22-10-8-20)16(19)21-6-5-12-3-1-2-4-13(12)11-21/h1-4,19H,5-11,18H2/b15-14-,19-16?. The fourth-order valence-corrected chi connectivity index (χ4v) is 2.89. The van der Waals surface area contributed by atoms with Crippen LogP contribution in [0.5, 0.6) is 0 Å². The molecule has 3 N–H and O–H groups in total. The Hall–Kier alpha value is -2.08. The maximum absolute atomic E-state index is 14.5. The fraction of sp³-hybridized carbons (Fsp3) is 0.438. The lowest BCUT2D eigenvalue weighted by molar-refractivity contribution is 0.0519. The summed E-state index contributed by atoms with van der Waals surface area (Å²) >= 11 is 0. The molecule has 1 aromatic carbocycles. The van der Waals surface area contributed by atoms with Crippen LogP contribution in [-0.2, 0) is 17.7 Å². The summed E-state index contributed by atoms with van der Waals surface area (Å²) in [6, 6.07) is 8.10.